The van der Waals surface area contributed by atoms with Gasteiger partial charge in [0.25, 0.3) is 0 Å². The standard InChI is InChI=1S/C12H27N3O2/c1-12(2,7-9-17-3)10-14-8-5-4-6-11(13)15-16/h14,16H,4-10H2,1-3H3,(H2,13,15). The maximum absolute atomic E-state index is 8.36. The van der Waals surface area contributed by atoms with Crippen LogP contribution < -0.4 is 11.1 Å². The molecule has 0 aromatic heterocycles. The van der Waals surface area contributed by atoms with Gasteiger partial charge < -0.3 is 21.0 Å². The van der Waals surface area contributed by atoms with E-state index in [-0.39, 0.29) is 5.41 Å². The summed E-state index contributed by atoms with van der Waals surface area (Å²) in [6.45, 7) is 7.22. The molecule has 102 valence electrons. The molecule has 0 amide bonds. The third kappa shape index (κ3) is 10.1. The van der Waals surface area contributed by atoms with Gasteiger partial charge >= 0.3 is 0 Å². The van der Waals surface area contributed by atoms with E-state index in [1.165, 1.54) is 0 Å². The van der Waals surface area contributed by atoms with Gasteiger partial charge in [0.2, 0.25) is 0 Å². The highest BCUT2D eigenvalue weighted by atomic mass is 16.5. The summed E-state index contributed by atoms with van der Waals surface area (Å²) in [5.41, 5.74) is 5.64. The second-order valence-electron chi connectivity index (χ2n) is 5.13. The van der Waals surface area contributed by atoms with Gasteiger partial charge in [0.05, 0.1) is 0 Å². The number of hydrogen-bond donors (Lipinski definition) is 3. The van der Waals surface area contributed by atoms with E-state index in [0.29, 0.717) is 12.3 Å². The Morgan fingerprint density at radius 1 is 1.41 bits per heavy atom. The van der Waals surface area contributed by atoms with Crippen LogP contribution in [0.2, 0.25) is 0 Å². The largest absolute Gasteiger partial charge is 0.409 e. The SMILES string of the molecule is COCCC(C)(C)CNCCCCC(N)=NO. The Kier molecular flexibility index (Phi) is 8.80. The van der Waals surface area contributed by atoms with Crippen molar-refractivity contribution in [1.82, 2.24) is 5.32 Å². The van der Waals surface area contributed by atoms with Crippen molar-refractivity contribution in [3.05, 3.63) is 0 Å². The first-order valence-electron chi connectivity index (χ1n) is 6.18. The van der Waals surface area contributed by atoms with Crippen LogP contribution in [0.1, 0.15) is 39.5 Å². The molecular formula is C12H27N3O2. The van der Waals surface area contributed by atoms with E-state index >= 15 is 0 Å². The Morgan fingerprint density at radius 3 is 2.71 bits per heavy atom. The predicted octanol–water partition coefficient (Wildman–Crippen LogP) is 1.56. The third-order valence-corrected chi connectivity index (χ3v) is 2.75. The lowest BCUT2D eigenvalue weighted by Gasteiger charge is -2.24. The molecule has 0 saturated heterocycles. The molecule has 0 unspecified atom stereocenters. The number of nitrogens with zero attached hydrogens (tertiary/aromatic N) is 1. The van der Waals surface area contributed by atoms with Gasteiger partial charge in [-0.25, -0.2) is 0 Å². The highest BCUT2D eigenvalue weighted by Crippen LogP contribution is 2.18. The predicted molar refractivity (Wildman–Crippen MR) is 70.4 cm³/mol. The van der Waals surface area contributed by atoms with Crippen molar-refractivity contribution in [3.63, 3.8) is 0 Å². The van der Waals surface area contributed by atoms with Gasteiger partial charge in [-0.1, -0.05) is 19.0 Å². The lowest BCUT2D eigenvalue weighted by molar-refractivity contribution is 0.151. The minimum absolute atomic E-state index is 0.265. The van der Waals surface area contributed by atoms with Gasteiger partial charge in [-0.15, -0.1) is 0 Å². The molecule has 0 bridgehead atoms. The Bertz CT molecular complexity index is 218. The summed E-state index contributed by atoms with van der Waals surface area (Å²) in [5.74, 6) is 0.311. The quantitative estimate of drug-likeness (QED) is 0.179. The molecule has 0 fully saturated rings. The average Bonchev–Trinajstić information content (AvgIpc) is 2.30. The van der Waals surface area contributed by atoms with E-state index in [0.717, 1.165) is 39.0 Å². The van der Waals surface area contributed by atoms with Crippen molar-refractivity contribution in [1.29, 1.82) is 0 Å². The second kappa shape index (κ2) is 9.24. The lowest BCUT2D eigenvalue weighted by atomic mass is 9.90. The number of ether oxygens (including phenoxy) is 1. The number of rotatable bonds is 10. The molecule has 4 N–H and O–H groups in total. The normalized spacial score (nSPS) is 13.0. The van der Waals surface area contributed by atoms with Crippen LogP contribution in [0, 0.1) is 5.41 Å². The van der Waals surface area contributed by atoms with Crippen molar-refractivity contribution < 1.29 is 9.94 Å². The molecule has 17 heavy (non-hydrogen) atoms. The van der Waals surface area contributed by atoms with E-state index in [1.807, 2.05) is 0 Å². The second-order valence-corrected chi connectivity index (χ2v) is 5.13. The molecule has 0 heterocycles. The molecule has 0 atom stereocenters. The zero-order chi connectivity index (χ0) is 13.1. The zero-order valence-corrected chi connectivity index (χ0v) is 11.3. The van der Waals surface area contributed by atoms with Crippen LogP contribution in [0.3, 0.4) is 0 Å². The summed E-state index contributed by atoms with van der Waals surface area (Å²) in [6.07, 6.45) is 3.70. The number of amidine groups is 1. The van der Waals surface area contributed by atoms with E-state index < -0.39 is 0 Å². The van der Waals surface area contributed by atoms with Crippen molar-refractivity contribution >= 4 is 5.84 Å². The van der Waals surface area contributed by atoms with Crippen LogP contribution in [0.15, 0.2) is 5.16 Å². The highest BCUT2D eigenvalue weighted by Gasteiger charge is 2.16. The Hall–Kier alpha value is -0.810. The molecule has 0 aliphatic heterocycles. The molecular weight excluding hydrogens is 218 g/mol. The topological polar surface area (TPSA) is 79.9 Å². The molecule has 0 aliphatic rings. The summed E-state index contributed by atoms with van der Waals surface area (Å²) in [4.78, 5) is 0. The van der Waals surface area contributed by atoms with E-state index in [1.54, 1.807) is 7.11 Å². The van der Waals surface area contributed by atoms with E-state index in [2.05, 4.69) is 24.3 Å². The first-order valence-corrected chi connectivity index (χ1v) is 6.18. The molecule has 5 nitrogen and oxygen atoms in total. The van der Waals surface area contributed by atoms with Crippen LogP contribution in [-0.4, -0.2) is 37.8 Å². The minimum atomic E-state index is 0.265. The first-order chi connectivity index (χ1) is 8.02. The number of unbranched alkanes of at least 4 members (excludes halogenated alkanes) is 1. The highest BCUT2D eigenvalue weighted by molar-refractivity contribution is 5.79. The summed E-state index contributed by atoms with van der Waals surface area (Å²) < 4.78 is 5.08. The molecule has 5 heteroatoms. The lowest BCUT2D eigenvalue weighted by Crippen LogP contribution is -2.31. The van der Waals surface area contributed by atoms with Gasteiger partial charge in [-0.2, -0.15) is 0 Å². The first kappa shape index (κ1) is 16.2. The number of methoxy groups -OCH3 is 1. The molecule has 0 aliphatic carbocycles. The molecule has 0 spiro atoms. The Labute approximate surface area is 104 Å². The van der Waals surface area contributed by atoms with Crippen molar-refractivity contribution in [2.24, 2.45) is 16.3 Å². The number of oxime groups is 1. The van der Waals surface area contributed by atoms with Crippen molar-refractivity contribution in [2.45, 2.75) is 39.5 Å². The van der Waals surface area contributed by atoms with Gasteiger partial charge in [0.15, 0.2) is 0 Å². The van der Waals surface area contributed by atoms with Gasteiger partial charge in [0.1, 0.15) is 5.84 Å². The Balaban J connectivity index is 3.44. The van der Waals surface area contributed by atoms with Gasteiger partial charge in [-0.3, -0.25) is 0 Å². The third-order valence-electron chi connectivity index (χ3n) is 2.75. The zero-order valence-electron chi connectivity index (χ0n) is 11.3. The number of nitrogens with one attached hydrogen (secondary N) is 1. The average molecular weight is 245 g/mol. The fraction of sp³-hybridized carbons (Fsp3) is 0.917. The summed E-state index contributed by atoms with van der Waals surface area (Å²) in [5, 5.41) is 14.7. The minimum Gasteiger partial charge on any atom is -0.409 e. The van der Waals surface area contributed by atoms with Crippen LogP contribution in [-0.2, 0) is 4.74 Å². The van der Waals surface area contributed by atoms with E-state index in [4.69, 9.17) is 15.7 Å². The fourth-order valence-corrected chi connectivity index (χ4v) is 1.50. The fourth-order valence-electron chi connectivity index (χ4n) is 1.50. The molecule has 0 aromatic carbocycles. The Morgan fingerprint density at radius 2 is 2.12 bits per heavy atom. The summed E-state index contributed by atoms with van der Waals surface area (Å²) >= 11 is 0. The van der Waals surface area contributed by atoms with Gasteiger partial charge in [0, 0.05) is 26.7 Å². The molecule has 0 radical (unpaired) electrons. The maximum Gasteiger partial charge on any atom is 0.139 e. The summed E-state index contributed by atoms with van der Waals surface area (Å²) in [6, 6.07) is 0. The van der Waals surface area contributed by atoms with Crippen LogP contribution >= 0.6 is 0 Å². The maximum atomic E-state index is 8.36. The number of hydrogen-bond acceptors (Lipinski definition) is 4. The van der Waals surface area contributed by atoms with E-state index in [9.17, 15) is 0 Å². The smallest absolute Gasteiger partial charge is 0.139 e. The molecule has 0 rings (SSSR count). The van der Waals surface area contributed by atoms with Crippen molar-refractivity contribution in [3.8, 4) is 0 Å². The molecule has 0 saturated carbocycles. The van der Waals surface area contributed by atoms with Gasteiger partial charge in [-0.05, 0) is 31.2 Å². The van der Waals surface area contributed by atoms with Crippen LogP contribution in [0.4, 0.5) is 0 Å². The molecule has 0 aromatic rings. The monoisotopic (exact) mass is 245 g/mol. The van der Waals surface area contributed by atoms with Crippen LogP contribution in [0.5, 0.6) is 0 Å². The van der Waals surface area contributed by atoms with Crippen LogP contribution in [0.25, 0.3) is 0 Å². The van der Waals surface area contributed by atoms with Crippen molar-refractivity contribution in [2.75, 3.05) is 26.8 Å². The summed E-state index contributed by atoms with van der Waals surface area (Å²) in [7, 11) is 1.73. The number of nitrogens with two attached hydrogens (primary N) is 1.